The smallest absolute Gasteiger partial charge is 0.317 e. The largest absolute Gasteiger partial charge is 0.480 e. The number of carboxylic acids is 1. The molecule has 1 aromatic carbocycles. The summed E-state index contributed by atoms with van der Waals surface area (Å²) in [6.07, 6.45) is -0.553. The highest BCUT2D eigenvalue weighted by atomic mass is 31.2. The van der Waals surface area contributed by atoms with Crippen molar-refractivity contribution >= 4 is 19.8 Å². The van der Waals surface area contributed by atoms with Gasteiger partial charge in [-0.05, 0) is 5.56 Å². The van der Waals surface area contributed by atoms with Crippen molar-refractivity contribution in [3.05, 3.63) is 35.9 Å². The van der Waals surface area contributed by atoms with E-state index >= 15 is 0 Å². The number of carboxylic acid groups (broad SMARTS) is 1. The molecule has 0 radical (unpaired) electrons. The number of carbonyl (C=O) groups is 2. The van der Waals surface area contributed by atoms with Gasteiger partial charge in [0.2, 0.25) is 7.37 Å². The molecule has 38 heavy (non-hydrogen) atoms. The van der Waals surface area contributed by atoms with E-state index in [-0.39, 0.29) is 32.3 Å². The Bertz CT molecular complexity index is 865. The SMILES string of the molecule is CCP(=O)(O)CN1CCN(COC=O)CCN(CC(O)COCc2ccccc2)CCN(CC(=O)O)CC1. The zero-order valence-electron chi connectivity index (χ0n) is 22.3. The average molecular weight is 559 g/mol. The number of aliphatic hydroxyl groups excluding tert-OH is 1. The fourth-order valence-corrected chi connectivity index (χ4v) is 5.28. The first-order valence-electron chi connectivity index (χ1n) is 13.0. The molecule has 2 unspecified atom stereocenters. The number of hydrogen-bond donors (Lipinski definition) is 3. The van der Waals surface area contributed by atoms with Crippen LogP contribution < -0.4 is 0 Å². The van der Waals surface area contributed by atoms with E-state index in [1.165, 1.54) is 0 Å². The Morgan fingerprint density at radius 3 is 2.16 bits per heavy atom. The first kappa shape index (κ1) is 32.3. The summed E-state index contributed by atoms with van der Waals surface area (Å²) in [7, 11) is -3.33. The number of nitrogens with zero attached hydrogens (tertiary/aromatic N) is 4. The molecule has 0 aromatic heterocycles. The van der Waals surface area contributed by atoms with Crippen LogP contribution in [0.2, 0.25) is 0 Å². The minimum atomic E-state index is -3.33. The van der Waals surface area contributed by atoms with E-state index in [1.54, 1.807) is 6.92 Å². The van der Waals surface area contributed by atoms with E-state index in [2.05, 4.69) is 4.90 Å². The van der Waals surface area contributed by atoms with E-state index in [4.69, 9.17) is 9.47 Å². The quantitative estimate of drug-likeness (QED) is 0.213. The van der Waals surface area contributed by atoms with Crippen molar-refractivity contribution in [2.75, 3.05) is 91.2 Å². The van der Waals surface area contributed by atoms with E-state index < -0.39 is 19.4 Å². The van der Waals surface area contributed by atoms with Crippen molar-refractivity contribution in [3.63, 3.8) is 0 Å². The molecule has 2 rings (SSSR count). The van der Waals surface area contributed by atoms with Crippen molar-refractivity contribution in [1.82, 2.24) is 19.6 Å². The number of rotatable bonds is 14. The molecule has 1 heterocycles. The summed E-state index contributed by atoms with van der Waals surface area (Å²) in [5.41, 5.74) is 1.02. The van der Waals surface area contributed by atoms with Crippen LogP contribution >= 0.6 is 7.37 Å². The molecule has 1 aliphatic heterocycles. The number of ether oxygens (including phenoxy) is 2. The Kier molecular flexibility index (Phi) is 15.0. The van der Waals surface area contributed by atoms with Gasteiger partial charge in [0.05, 0.1) is 32.1 Å². The Morgan fingerprint density at radius 2 is 1.58 bits per heavy atom. The van der Waals surface area contributed by atoms with E-state index in [9.17, 15) is 29.3 Å². The fraction of sp³-hybridized carbons (Fsp3) is 0.680. The highest BCUT2D eigenvalue weighted by Crippen LogP contribution is 2.40. The number of aliphatic carboxylic acids is 1. The van der Waals surface area contributed by atoms with Crippen molar-refractivity contribution in [2.45, 2.75) is 19.6 Å². The van der Waals surface area contributed by atoms with Gasteiger partial charge in [-0.2, -0.15) is 0 Å². The maximum absolute atomic E-state index is 12.4. The van der Waals surface area contributed by atoms with Gasteiger partial charge < -0.3 is 24.6 Å². The summed E-state index contributed by atoms with van der Waals surface area (Å²) in [6.45, 7) is 6.75. The van der Waals surface area contributed by atoms with Crippen molar-refractivity contribution in [3.8, 4) is 0 Å². The number of benzene rings is 1. The first-order valence-corrected chi connectivity index (χ1v) is 15.0. The number of aliphatic hydroxyl groups is 1. The molecule has 2 atom stereocenters. The lowest BCUT2D eigenvalue weighted by Gasteiger charge is -2.34. The minimum Gasteiger partial charge on any atom is -0.480 e. The van der Waals surface area contributed by atoms with Crippen molar-refractivity contribution < 1.29 is 38.7 Å². The Hall–Kier alpha value is -1.89. The number of β-amino-alcohol motifs (C(OH)–C–C–N with tert-alkyl or cyclic N) is 1. The van der Waals surface area contributed by atoms with Crippen LogP contribution in [0, 0.1) is 0 Å². The lowest BCUT2D eigenvalue weighted by atomic mass is 10.2. The fourth-order valence-electron chi connectivity index (χ4n) is 4.17. The van der Waals surface area contributed by atoms with Gasteiger partial charge in [-0.3, -0.25) is 33.8 Å². The van der Waals surface area contributed by atoms with Crippen LogP contribution in [-0.4, -0.2) is 144 Å². The van der Waals surface area contributed by atoms with E-state index in [0.717, 1.165) is 5.56 Å². The molecule has 216 valence electrons. The summed E-state index contributed by atoms with van der Waals surface area (Å²) < 4.78 is 23.1. The summed E-state index contributed by atoms with van der Waals surface area (Å²) in [4.78, 5) is 40.2. The summed E-state index contributed by atoms with van der Waals surface area (Å²) in [5, 5.41) is 20.0. The number of hydrogen-bond acceptors (Lipinski definition) is 10. The highest BCUT2D eigenvalue weighted by Gasteiger charge is 2.24. The lowest BCUT2D eigenvalue weighted by Crippen LogP contribution is -2.48. The van der Waals surface area contributed by atoms with E-state index in [1.807, 2.05) is 45.0 Å². The van der Waals surface area contributed by atoms with Gasteiger partial charge >= 0.3 is 5.97 Å². The minimum absolute atomic E-state index is 0.0219. The van der Waals surface area contributed by atoms with Crippen LogP contribution in [0.15, 0.2) is 30.3 Å². The molecule has 1 fully saturated rings. The second-order valence-corrected chi connectivity index (χ2v) is 12.2. The average Bonchev–Trinajstić information content (AvgIpc) is 2.88. The standard InChI is InChI=1S/C25H43N4O8P/c1-2-38(34,35)21-29-14-11-27(17-25(32)33)9-8-26(10-12-28(13-15-29)20-37-22-30)16-24(31)19-36-18-23-6-4-3-5-7-23/h3-7,22,24,31H,2,8-21H2,1H3,(H,32,33)(H,34,35). The highest BCUT2D eigenvalue weighted by molar-refractivity contribution is 7.57. The second-order valence-electron chi connectivity index (χ2n) is 9.56. The second kappa shape index (κ2) is 17.6. The zero-order valence-corrected chi connectivity index (χ0v) is 23.2. The summed E-state index contributed by atoms with van der Waals surface area (Å²) >= 11 is 0. The first-order chi connectivity index (χ1) is 18.2. The molecule has 0 bridgehead atoms. The third kappa shape index (κ3) is 13.8. The van der Waals surface area contributed by atoms with Crippen LogP contribution in [0.3, 0.4) is 0 Å². The van der Waals surface area contributed by atoms with Gasteiger partial charge in [0, 0.05) is 65.1 Å². The van der Waals surface area contributed by atoms with Crippen LogP contribution in [0.1, 0.15) is 12.5 Å². The number of carbonyl (C=O) groups excluding carboxylic acids is 1. The molecule has 0 amide bonds. The predicted molar refractivity (Wildman–Crippen MR) is 143 cm³/mol. The molecule has 1 aromatic rings. The Labute approximate surface area is 225 Å². The monoisotopic (exact) mass is 558 g/mol. The molecule has 0 saturated carbocycles. The van der Waals surface area contributed by atoms with Crippen LogP contribution in [0.25, 0.3) is 0 Å². The summed E-state index contributed by atoms with van der Waals surface area (Å²) in [6, 6.07) is 9.71. The van der Waals surface area contributed by atoms with Crippen molar-refractivity contribution in [2.24, 2.45) is 0 Å². The van der Waals surface area contributed by atoms with Gasteiger partial charge in [-0.1, -0.05) is 37.3 Å². The molecule has 3 N–H and O–H groups in total. The van der Waals surface area contributed by atoms with Gasteiger partial charge in [-0.15, -0.1) is 0 Å². The maximum Gasteiger partial charge on any atom is 0.317 e. The molecular formula is C25H43N4O8P. The molecular weight excluding hydrogens is 515 g/mol. The third-order valence-electron chi connectivity index (χ3n) is 6.42. The molecule has 1 aliphatic rings. The molecule has 0 aliphatic carbocycles. The van der Waals surface area contributed by atoms with Gasteiger partial charge in [0.25, 0.3) is 6.47 Å². The molecule has 0 spiro atoms. The topological polar surface area (TPSA) is 143 Å². The Balaban J connectivity index is 2.04. The van der Waals surface area contributed by atoms with Crippen LogP contribution in [-0.2, 0) is 30.2 Å². The van der Waals surface area contributed by atoms with Crippen LogP contribution in [0.5, 0.6) is 0 Å². The van der Waals surface area contributed by atoms with Crippen LogP contribution in [0.4, 0.5) is 0 Å². The molecule has 1 saturated heterocycles. The van der Waals surface area contributed by atoms with Gasteiger partial charge in [0.1, 0.15) is 6.73 Å². The zero-order chi connectivity index (χ0) is 27.8. The third-order valence-corrected chi connectivity index (χ3v) is 8.25. The van der Waals surface area contributed by atoms with Crippen molar-refractivity contribution in [1.29, 1.82) is 0 Å². The molecule has 12 nitrogen and oxygen atoms in total. The van der Waals surface area contributed by atoms with E-state index in [0.29, 0.717) is 72.0 Å². The Morgan fingerprint density at radius 1 is 1.00 bits per heavy atom. The normalized spacial score (nSPS) is 20.1. The van der Waals surface area contributed by atoms with Gasteiger partial charge in [-0.25, -0.2) is 0 Å². The predicted octanol–water partition coefficient (Wildman–Crippen LogP) is 0.249. The lowest BCUT2D eigenvalue weighted by molar-refractivity contribution is -0.138. The van der Waals surface area contributed by atoms with Gasteiger partial charge in [0.15, 0.2) is 0 Å². The molecule has 13 heteroatoms. The summed E-state index contributed by atoms with van der Waals surface area (Å²) in [5.74, 6) is -0.942. The maximum atomic E-state index is 12.4.